The van der Waals surface area contributed by atoms with Gasteiger partial charge in [0.15, 0.2) is 0 Å². The third-order valence-electron chi connectivity index (χ3n) is 6.07. The van der Waals surface area contributed by atoms with E-state index in [1.165, 1.54) is 10.9 Å². The van der Waals surface area contributed by atoms with E-state index in [0.29, 0.717) is 30.0 Å². The first-order chi connectivity index (χ1) is 18.3. The fourth-order valence-corrected chi connectivity index (χ4v) is 3.96. The molecule has 1 aliphatic heterocycles. The molecule has 38 heavy (non-hydrogen) atoms. The highest BCUT2D eigenvalue weighted by Gasteiger charge is 2.21. The van der Waals surface area contributed by atoms with E-state index in [9.17, 15) is 22.4 Å². The van der Waals surface area contributed by atoms with Crippen molar-refractivity contribution in [3.05, 3.63) is 65.7 Å². The van der Waals surface area contributed by atoms with Crippen LogP contribution in [0, 0.1) is 11.6 Å². The van der Waals surface area contributed by atoms with Crippen LogP contribution in [0.4, 0.5) is 28.0 Å². The predicted octanol–water partition coefficient (Wildman–Crippen LogP) is 4.04. The molecule has 198 valence electrons. The van der Waals surface area contributed by atoms with Crippen molar-refractivity contribution in [3.8, 4) is 22.7 Å². The van der Waals surface area contributed by atoms with Crippen LogP contribution in [0.15, 0.2) is 47.0 Å². The Kier molecular flexibility index (Phi) is 7.05. The summed E-state index contributed by atoms with van der Waals surface area (Å²) in [6.45, 7) is 2.59. The fourth-order valence-electron chi connectivity index (χ4n) is 3.96. The first kappa shape index (κ1) is 25.3. The average Bonchev–Trinajstić information content (AvgIpc) is 3.57. The number of amides is 2. The predicted molar refractivity (Wildman–Crippen MR) is 127 cm³/mol. The molecule has 4 aromatic rings. The van der Waals surface area contributed by atoms with E-state index in [0.717, 1.165) is 25.2 Å². The van der Waals surface area contributed by atoms with Gasteiger partial charge in [-0.2, -0.15) is 8.78 Å². The average molecular weight is 530 g/mol. The highest BCUT2D eigenvalue weighted by molar-refractivity contribution is 5.90. The zero-order valence-electron chi connectivity index (χ0n) is 20.1. The van der Waals surface area contributed by atoms with Gasteiger partial charge in [-0.05, 0) is 31.3 Å². The van der Waals surface area contributed by atoms with Crippen LogP contribution in [-0.2, 0) is 6.54 Å². The summed E-state index contributed by atoms with van der Waals surface area (Å²) in [6, 6.07) is 8.66. The number of alkyl halides is 2. The van der Waals surface area contributed by atoms with Crippen LogP contribution in [0.25, 0.3) is 22.7 Å². The van der Waals surface area contributed by atoms with Crippen LogP contribution in [0.5, 0.6) is 0 Å². The summed E-state index contributed by atoms with van der Waals surface area (Å²) in [5, 5.41) is 17.5. The highest BCUT2D eigenvalue weighted by atomic mass is 19.3. The first-order valence-corrected chi connectivity index (χ1v) is 11.6. The smallest absolute Gasteiger partial charge is 0.321 e. The minimum Gasteiger partial charge on any atom is -0.415 e. The summed E-state index contributed by atoms with van der Waals surface area (Å²) in [4.78, 5) is 16.5. The van der Waals surface area contributed by atoms with Crippen molar-refractivity contribution in [2.45, 2.75) is 13.0 Å². The van der Waals surface area contributed by atoms with Crippen molar-refractivity contribution < 1.29 is 26.8 Å². The van der Waals surface area contributed by atoms with Crippen LogP contribution >= 0.6 is 0 Å². The fraction of sp³-hybridized carbons (Fsp3) is 0.292. The van der Waals surface area contributed by atoms with Crippen molar-refractivity contribution in [2.24, 2.45) is 0 Å². The third-order valence-corrected chi connectivity index (χ3v) is 6.07. The van der Waals surface area contributed by atoms with Gasteiger partial charge < -0.3 is 19.5 Å². The molecular formula is C24H22F4N8O2. The van der Waals surface area contributed by atoms with E-state index in [-0.39, 0.29) is 23.7 Å². The van der Waals surface area contributed by atoms with Gasteiger partial charge in [-0.15, -0.1) is 15.3 Å². The summed E-state index contributed by atoms with van der Waals surface area (Å²) in [5.41, 5.74) is 1.17. The van der Waals surface area contributed by atoms with E-state index in [4.69, 9.17) is 4.42 Å². The van der Waals surface area contributed by atoms with Gasteiger partial charge in [-0.1, -0.05) is 17.3 Å². The van der Waals surface area contributed by atoms with Crippen molar-refractivity contribution in [3.63, 3.8) is 0 Å². The number of urea groups is 1. The lowest BCUT2D eigenvalue weighted by Gasteiger charge is -2.32. The molecule has 0 spiro atoms. The Hall–Kier alpha value is -4.33. The van der Waals surface area contributed by atoms with Crippen LogP contribution in [0.3, 0.4) is 0 Å². The van der Waals surface area contributed by atoms with Gasteiger partial charge in [0.05, 0.1) is 12.7 Å². The largest absolute Gasteiger partial charge is 0.415 e. The summed E-state index contributed by atoms with van der Waals surface area (Å²) in [7, 11) is 2.01. The lowest BCUT2D eigenvalue weighted by atomic mass is 10.1. The quantitative estimate of drug-likeness (QED) is 0.375. The summed E-state index contributed by atoms with van der Waals surface area (Å²) in [6.07, 6.45) is -1.48. The summed E-state index contributed by atoms with van der Waals surface area (Å²) < 4.78 is 60.8. The molecule has 0 saturated carbocycles. The number of piperazine rings is 1. The maximum Gasteiger partial charge on any atom is 0.321 e. The van der Waals surface area contributed by atoms with E-state index >= 15 is 0 Å². The Balaban J connectivity index is 1.29. The molecule has 0 atom stereocenters. The Morgan fingerprint density at radius 2 is 1.76 bits per heavy atom. The maximum atomic E-state index is 14.7. The Bertz CT molecular complexity index is 1430. The second-order valence-corrected chi connectivity index (χ2v) is 8.77. The van der Waals surface area contributed by atoms with Crippen molar-refractivity contribution in [1.82, 2.24) is 35.0 Å². The van der Waals surface area contributed by atoms with Crippen molar-refractivity contribution in [2.75, 3.05) is 38.5 Å². The Labute approximate surface area is 213 Å². The van der Waals surface area contributed by atoms with Crippen LogP contribution in [-0.4, -0.2) is 74.2 Å². The molecule has 0 radical (unpaired) electrons. The Morgan fingerprint density at radius 3 is 2.45 bits per heavy atom. The van der Waals surface area contributed by atoms with Gasteiger partial charge in [0.1, 0.15) is 17.3 Å². The molecule has 2 aromatic carbocycles. The zero-order chi connectivity index (χ0) is 26.8. The summed E-state index contributed by atoms with van der Waals surface area (Å²) >= 11 is 0. The number of nitrogens with one attached hydrogen (secondary N) is 1. The molecule has 0 bridgehead atoms. The lowest BCUT2D eigenvalue weighted by molar-refractivity contribution is 0.116. The topological polar surface area (TPSA) is 105 Å². The normalized spacial score (nSPS) is 14.3. The minimum atomic E-state index is -3.00. The number of carbonyl (C=O) groups excluding carboxylic acids is 1. The molecule has 1 saturated heterocycles. The van der Waals surface area contributed by atoms with E-state index < -0.39 is 29.8 Å². The monoisotopic (exact) mass is 530 g/mol. The summed E-state index contributed by atoms with van der Waals surface area (Å²) in [5.74, 6) is -3.25. The number of carbonyl (C=O) groups is 1. The minimum absolute atomic E-state index is 0.169. The molecule has 3 heterocycles. The number of likely N-dealkylation sites (N-methyl/N-ethyl adjacent to an activating group) is 1. The standard InChI is InChI=1S/C24H22F4N8O2/c1-34-5-7-35(8-6-34)24(37)29-16-4-2-3-14(9-16)20-13-36(33-30-20)12-17-18(25)10-15(11-19(17)26)22-31-32-23(38-22)21(27)28/h2-4,9-11,13,21H,5-8,12H2,1H3,(H,29,37). The lowest BCUT2D eigenvalue weighted by Crippen LogP contribution is -2.48. The molecule has 0 unspecified atom stereocenters. The van der Waals surface area contributed by atoms with Crippen LogP contribution in [0.1, 0.15) is 17.9 Å². The Morgan fingerprint density at radius 1 is 1.03 bits per heavy atom. The van der Waals surface area contributed by atoms with Gasteiger partial charge in [0.2, 0.25) is 5.89 Å². The van der Waals surface area contributed by atoms with E-state index in [2.05, 4.69) is 30.7 Å². The van der Waals surface area contributed by atoms with Crippen molar-refractivity contribution in [1.29, 1.82) is 0 Å². The van der Waals surface area contributed by atoms with Gasteiger partial charge in [0.25, 0.3) is 5.89 Å². The number of hydrogen-bond donors (Lipinski definition) is 1. The second kappa shape index (κ2) is 10.6. The van der Waals surface area contributed by atoms with E-state index in [1.54, 1.807) is 29.2 Å². The maximum absolute atomic E-state index is 14.7. The molecule has 2 aromatic heterocycles. The van der Waals surface area contributed by atoms with Gasteiger partial charge in [0, 0.05) is 48.6 Å². The highest BCUT2D eigenvalue weighted by Crippen LogP contribution is 2.27. The third kappa shape index (κ3) is 5.49. The number of anilines is 1. The zero-order valence-corrected chi connectivity index (χ0v) is 20.1. The number of halogens is 4. The number of rotatable bonds is 6. The number of aromatic nitrogens is 5. The molecule has 1 aliphatic rings. The molecule has 14 heteroatoms. The molecule has 1 fully saturated rings. The number of nitrogens with zero attached hydrogens (tertiary/aromatic N) is 7. The van der Waals surface area contributed by atoms with Crippen LogP contribution < -0.4 is 5.32 Å². The van der Waals surface area contributed by atoms with Gasteiger partial charge >= 0.3 is 12.5 Å². The molecule has 2 amide bonds. The first-order valence-electron chi connectivity index (χ1n) is 11.6. The van der Waals surface area contributed by atoms with Crippen LogP contribution in [0.2, 0.25) is 0 Å². The van der Waals surface area contributed by atoms with Gasteiger partial charge in [-0.3, -0.25) is 0 Å². The molecule has 1 N–H and O–H groups in total. The number of benzene rings is 2. The van der Waals surface area contributed by atoms with Crippen molar-refractivity contribution >= 4 is 11.7 Å². The second-order valence-electron chi connectivity index (χ2n) is 8.77. The van der Waals surface area contributed by atoms with Gasteiger partial charge in [-0.25, -0.2) is 18.3 Å². The SMILES string of the molecule is CN1CCN(C(=O)Nc2cccc(-c3cn(Cc4c(F)cc(-c5nnc(C(F)F)o5)cc4F)nn3)c2)CC1. The number of hydrogen-bond acceptors (Lipinski definition) is 7. The van der Waals surface area contributed by atoms with E-state index in [1.807, 2.05) is 7.05 Å². The molecular weight excluding hydrogens is 508 g/mol. The molecule has 0 aliphatic carbocycles. The molecule has 5 rings (SSSR count). The molecule has 10 nitrogen and oxygen atoms in total.